The van der Waals surface area contributed by atoms with Crippen molar-refractivity contribution >= 4 is 30.8 Å². The van der Waals surface area contributed by atoms with Crippen molar-refractivity contribution in [1.82, 2.24) is 4.98 Å². The van der Waals surface area contributed by atoms with Crippen LogP contribution in [0.1, 0.15) is 49.3 Å². The third-order valence-electron chi connectivity index (χ3n) is 2.56. The van der Waals surface area contributed by atoms with Crippen LogP contribution in [0.15, 0.2) is 12.3 Å². The van der Waals surface area contributed by atoms with Gasteiger partial charge in [0, 0.05) is 6.20 Å². The molecule has 3 nitrogen and oxygen atoms in total. The Bertz CT molecular complexity index is 378. The molecule has 0 aliphatic rings. The number of pyridine rings is 1. The first kappa shape index (κ1) is 20.5. The van der Waals surface area contributed by atoms with Crippen molar-refractivity contribution in [3.8, 4) is 0 Å². The number of hydrogen-bond donors (Lipinski definition) is 1. The lowest BCUT2D eigenvalue weighted by Gasteiger charge is -2.13. The van der Waals surface area contributed by atoms with Crippen molar-refractivity contribution in [2.24, 2.45) is 11.8 Å². The van der Waals surface area contributed by atoms with E-state index in [4.69, 9.17) is 0 Å². The van der Waals surface area contributed by atoms with E-state index in [1.165, 1.54) is 0 Å². The summed E-state index contributed by atoms with van der Waals surface area (Å²) in [6.45, 7) is 8.33. The van der Waals surface area contributed by atoms with E-state index in [1.54, 1.807) is 6.20 Å². The summed E-state index contributed by atoms with van der Waals surface area (Å²) in [7, 11) is 0. The Kier molecular flexibility index (Phi) is 9.89. The van der Waals surface area contributed by atoms with Gasteiger partial charge in [0.25, 0.3) is 0 Å². The van der Waals surface area contributed by atoms with Crippen LogP contribution in [0.2, 0.25) is 0 Å². The summed E-state index contributed by atoms with van der Waals surface area (Å²) in [6.07, 6.45) is 3.23. The predicted molar refractivity (Wildman–Crippen MR) is 82.8 cm³/mol. The smallest absolute Gasteiger partial charge is 0.337 e. The van der Waals surface area contributed by atoms with Crippen LogP contribution in [0, 0.1) is 11.8 Å². The van der Waals surface area contributed by atoms with Crippen molar-refractivity contribution in [1.29, 1.82) is 0 Å². The zero-order chi connectivity index (χ0) is 13.0. The van der Waals surface area contributed by atoms with Gasteiger partial charge in [0.15, 0.2) is 0 Å². The molecular weight excluding hydrogens is 285 g/mol. The molecule has 1 N–H and O–H groups in total. The molecule has 0 fully saturated rings. The van der Waals surface area contributed by atoms with Crippen LogP contribution in [0.3, 0.4) is 0 Å². The maximum Gasteiger partial charge on any atom is 0.337 e. The number of aromatic nitrogens is 1. The largest absolute Gasteiger partial charge is 0.478 e. The Morgan fingerprint density at radius 3 is 2.11 bits per heavy atom. The molecule has 5 heteroatoms. The average Bonchev–Trinajstić information content (AvgIpc) is 2.14. The van der Waals surface area contributed by atoms with E-state index in [-0.39, 0.29) is 24.8 Å². The van der Waals surface area contributed by atoms with Crippen LogP contribution in [-0.4, -0.2) is 16.1 Å². The Hall–Kier alpha value is -0.800. The van der Waals surface area contributed by atoms with E-state index in [0.29, 0.717) is 29.5 Å². The van der Waals surface area contributed by atoms with E-state index in [2.05, 4.69) is 32.7 Å². The van der Waals surface area contributed by atoms with E-state index < -0.39 is 5.97 Å². The summed E-state index contributed by atoms with van der Waals surface area (Å²) in [4.78, 5) is 15.6. The number of carboxylic acid groups (broad SMARTS) is 1. The standard InChI is InChI=1S/C14H21NO2.2ClH/c1-9(2)7-11-5-6-15-12(8-10(3)4)13(11)14(16)17;;/h5-6,9-10H,7-8H2,1-4H3,(H,16,17);2*1H. The number of carbonyl (C=O) groups is 1. The van der Waals surface area contributed by atoms with Crippen molar-refractivity contribution in [3.05, 3.63) is 29.1 Å². The first-order chi connectivity index (χ1) is 7.91. The maximum atomic E-state index is 11.4. The van der Waals surface area contributed by atoms with E-state index in [9.17, 15) is 9.90 Å². The molecule has 0 spiro atoms. The molecule has 1 rings (SSSR count). The van der Waals surface area contributed by atoms with Gasteiger partial charge in [0.2, 0.25) is 0 Å². The lowest BCUT2D eigenvalue weighted by Crippen LogP contribution is -2.12. The number of hydrogen-bond acceptors (Lipinski definition) is 2. The van der Waals surface area contributed by atoms with Gasteiger partial charge in [-0.05, 0) is 36.3 Å². The second-order valence-electron chi connectivity index (χ2n) is 5.29. The molecule has 110 valence electrons. The Labute approximate surface area is 127 Å². The van der Waals surface area contributed by atoms with E-state index in [1.807, 2.05) is 6.07 Å². The van der Waals surface area contributed by atoms with Crippen LogP contribution in [0.4, 0.5) is 0 Å². The first-order valence-corrected chi connectivity index (χ1v) is 6.11. The molecule has 0 unspecified atom stereocenters. The highest BCUT2D eigenvalue weighted by Gasteiger charge is 2.17. The molecule has 1 aromatic heterocycles. The maximum absolute atomic E-state index is 11.4. The van der Waals surface area contributed by atoms with Gasteiger partial charge in [0.1, 0.15) is 0 Å². The van der Waals surface area contributed by atoms with Gasteiger partial charge >= 0.3 is 5.97 Å². The minimum Gasteiger partial charge on any atom is -0.478 e. The number of rotatable bonds is 5. The molecule has 0 saturated heterocycles. The van der Waals surface area contributed by atoms with E-state index in [0.717, 1.165) is 12.0 Å². The van der Waals surface area contributed by atoms with Crippen LogP contribution in [-0.2, 0) is 12.8 Å². The number of aromatic carboxylic acids is 1. The van der Waals surface area contributed by atoms with E-state index >= 15 is 0 Å². The molecule has 0 bridgehead atoms. The van der Waals surface area contributed by atoms with Crippen LogP contribution >= 0.6 is 24.8 Å². The Morgan fingerprint density at radius 1 is 1.16 bits per heavy atom. The fraction of sp³-hybridized carbons (Fsp3) is 0.571. The highest BCUT2D eigenvalue weighted by Crippen LogP contribution is 2.19. The monoisotopic (exact) mass is 307 g/mol. The number of carboxylic acids is 1. The topological polar surface area (TPSA) is 50.2 Å². The Balaban J connectivity index is 0. The molecular formula is C14H23Cl2NO2. The van der Waals surface area contributed by atoms with Gasteiger partial charge in [0.05, 0.1) is 11.3 Å². The Morgan fingerprint density at radius 2 is 1.68 bits per heavy atom. The molecule has 0 amide bonds. The second kappa shape index (κ2) is 9.16. The zero-order valence-electron chi connectivity index (χ0n) is 11.8. The summed E-state index contributed by atoms with van der Waals surface area (Å²) in [5.41, 5.74) is 2.03. The molecule has 1 aromatic rings. The first-order valence-electron chi connectivity index (χ1n) is 6.11. The lowest BCUT2D eigenvalue weighted by atomic mass is 9.94. The molecule has 0 saturated carbocycles. The molecule has 0 aliphatic heterocycles. The number of halogens is 2. The number of nitrogens with zero attached hydrogens (tertiary/aromatic N) is 1. The fourth-order valence-electron chi connectivity index (χ4n) is 1.96. The summed E-state index contributed by atoms with van der Waals surface area (Å²) >= 11 is 0. The molecule has 0 aromatic carbocycles. The summed E-state index contributed by atoms with van der Waals surface area (Å²) < 4.78 is 0. The minimum atomic E-state index is -0.857. The summed E-state index contributed by atoms with van der Waals surface area (Å²) in [5.74, 6) is 0.00157. The zero-order valence-corrected chi connectivity index (χ0v) is 13.5. The van der Waals surface area contributed by atoms with Gasteiger partial charge in [-0.25, -0.2) is 4.79 Å². The van der Waals surface area contributed by atoms with Crippen LogP contribution in [0.5, 0.6) is 0 Å². The molecule has 0 radical (unpaired) electrons. The quantitative estimate of drug-likeness (QED) is 0.893. The minimum absolute atomic E-state index is 0. The van der Waals surface area contributed by atoms with Gasteiger partial charge in [-0.15, -0.1) is 24.8 Å². The van der Waals surface area contributed by atoms with Gasteiger partial charge < -0.3 is 5.11 Å². The fourth-order valence-corrected chi connectivity index (χ4v) is 1.96. The van der Waals surface area contributed by atoms with Crippen molar-refractivity contribution < 1.29 is 9.90 Å². The SMILES string of the molecule is CC(C)Cc1ccnc(CC(C)C)c1C(=O)O.Cl.Cl. The second-order valence-corrected chi connectivity index (χ2v) is 5.29. The van der Waals surface area contributed by atoms with Crippen LogP contribution < -0.4 is 0 Å². The third-order valence-corrected chi connectivity index (χ3v) is 2.56. The normalized spacial score (nSPS) is 10.0. The summed E-state index contributed by atoms with van der Waals surface area (Å²) in [6, 6.07) is 1.83. The molecule has 19 heavy (non-hydrogen) atoms. The highest BCUT2D eigenvalue weighted by atomic mass is 35.5. The highest BCUT2D eigenvalue weighted by molar-refractivity contribution is 5.90. The summed E-state index contributed by atoms with van der Waals surface area (Å²) in [5, 5.41) is 9.33. The van der Waals surface area contributed by atoms with Gasteiger partial charge in [-0.2, -0.15) is 0 Å². The molecule has 0 aliphatic carbocycles. The molecule has 0 atom stereocenters. The lowest BCUT2D eigenvalue weighted by molar-refractivity contribution is 0.0693. The third kappa shape index (κ3) is 6.26. The average molecular weight is 308 g/mol. The molecule has 1 heterocycles. The van der Waals surface area contributed by atoms with Crippen LogP contribution in [0.25, 0.3) is 0 Å². The van der Waals surface area contributed by atoms with Crippen molar-refractivity contribution in [3.63, 3.8) is 0 Å². The van der Waals surface area contributed by atoms with Gasteiger partial charge in [-0.1, -0.05) is 27.7 Å². The van der Waals surface area contributed by atoms with Crippen molar-refractivity contribution in [2.75, 3.05) is 0 Å². The van der Waals surface area contributed by atoms with Gasteiger partial charge in [-0.3, -0.25) is 4.98 Å². The predicted octanol–water partition coefficient (Wildman–Crippen LogP) is 4.02. The van der Waals surface area contributed by atoms with Crippen molar-refractivity contribution in [2.45, 2.75) is 40.5 Å².